The number of nitrogens with zero attached hydrogens (tertiary/aromatic N) is 4. The molecule has 1 aromatic heterocycles. The van der Waals surface area contributed by atoms with Crippen molar-refractivity contribution in [1.82, 2.24) is 20.3 Å². The Hall–Kier alpha value is -6.17. The van der Waals surface area contributed by atoms with E-state index in [9.17, 15) is 50.3 Å². The fraction of sp³-hybridized carbons (Fsp3) is 0.571. The second-order valence-corrected chi connectivity index (χ2v) is 20.2. The average molecular weight is 1260 g/mol. The molecule has 2 atom stereocenters. The molecule has 0 bridgehead atoms. The molecule has 3 heterocycles. The normalized spacial score (nSPS) is 15.0. The molecule has 2 aliphatic heterocycles. The van der Waals surface area contributed by atoms with E-state index in [0.717, 1.165) is 12.0 Å². The number of aliphatic hydroxyl groups excluding tert-OH is 1. The highest BCUT2D eigenvalue weighted by molar-refractivity contribution is 7.85. The van der Waals surface area contributed by atoms with Crippen molar-refractivity contribution in [1.29, 1.82) is 0 Å². The highest BCUT2D eigenvalue weighted by Crippen LogP contribution is 2.34. The van der Waals surface area contributed by atoms with Gasteiger partial charge in [0.25, 0.3) is 11.8 Å². The van der Waals surface area contributed by atoms with E-state index in [0.29, 0.717) is 121 Å². The molecule has 3 aromatic rings. The number of nitrogens with one attached hydrogen (secondary N) is 1. The lowest BCUT2D eigenvalue weighted by atomic mass is 10.0. The number of aromatic nitrogens is 1. The van der Waals surface area contributed by atoms with Crippen molar-refractivity contribution in [2.75, 3.05) is 158 Å². The van der Waals surface area contributed by atoms with Crippen molar-refractivity contribution in [2.45, 2.75) is 56.6 Å². The fourth-order valence-corrected chi connectivity index (χ4v) is 8.88. The van der Waals surface area contributed by atoms with Gasteiger partial charge in [-0.3, -0.25) is 33.6 Å². The van der Waals surface area contributed by atoms with Gasteiger partial charge in [0.1, 0.15) is 17.6 Å². The second kappa shape index (κ2) is 39.0. The first-order valence-corrected chi connectivity index (χ1v) is 29.6. The van der Waals surface area contributed by atoms with E-state index in [2.05, 4.69) is 20.0 Å². The molecule has 5 rings (SSSR count). The van der Waals surface area contributed by atoms with E-state index in [1.165, 1.54) is 9.96 Å². The molecule has 2 aliphatic rings. The van der Waals surface area contributed by atoms with E-state index in [1.54, 1.807) is 24.4 Å². The number of amides is 3. The highest BCUT2D eigenvalue weighted by atomic mass is 32.2. The minimum Gasteiger partial charge on any atom is -0.420 e. The van der Waals surface area contributed by atoms with Gasteiger partial charge < -0.3 is 73.2 Å². The first kappa shape index (κ1) is 71.6. The Morgan fingerprint density at radius 1 is 0.701 bits per heavy atom. The van der Waals surface area contributed by atoms with Crippen LogP contribution in [-0.4, -0.2) is 233 Å². The standard InChI is InChI=1S/C56H76F4N6O20S/c1-3-11-66(85-4-2)55(70)41-32-39-6-5-38(33-44(39)64-46(61)34-41)40-7-8-43(63-36-40)56(71)65-37-42(67)35-45(65)54(69)62-10-13-76-15-17-78-19-21-80-23-25-82-27-29-84-31-30-83-28-26-81-24-22-79-20-18-77-16-14-75-12-9-47(68)86-52-48(57)50(59)53(87(72,73)74)51(60)49(52)58/h5-8,32-33,36,42,45,67H,3-4,9-31,34-35,37H2,1-2H3,(H2,61,64)(H,62,69)(H,72,73,74)/t42-,45+/m1/s1. The molecule has 31 heteroatoms. The van der Waals surface area contributed by atoms with E-state index in [-0.39, 0.29) is 89.6 Å². The quantitative estimate of drug-likeness (QED) is 0.0120. The minimum atomic E-state index is -5.66. The number of amidine groups is 1. The number of carbonyl (C=O) groups excluding carboxylic acids is 4. The number of nitrogens with two attached hydrogens (primary N) is 1. The average Bonchev–Trinajstić information content (AvgIpc) is 1.74. The van der Waals surface area contributed by atoms with Crippen LogP contribution in [0, 0.1) is 23.3 Å². The smallest absolute Gasteiger partial charge is 0.313 e. The summed E-state index contributed by atoms with van der Waals surface area (Å²) in [4.78, 5) is 65.5. The summed E-state index contributed by atoms with van der Waals surface area (Å²) in [6.07, 6.45) is 2.82. The summed E-state index contributed by atoms with van der Waals surface area (Å²) in [6, 6.07) is 7.96. The summed E-state index contributed by atoms with van der Waals surface area (Å²) < 4.78 is 145. The number of hydrogen-bond donors (Lipinski definition) is 4. The molecule has 3 amide bonds. The molecular formula is C56H76F4N6O20S. The van der Waals surface area contributed by atoms with Crippen LogP contribution < -0.4 is 15.8 Å². The molecule has 26 nitrogen and oxygen atoms in total. The van der Waals surface area contributed by atoms with Crippen LogP contribution >= 0.6 is 0 Å². The van der Waals surface area contributed by atoms with Crippen LogP contribution in [0.25, 0.3) is 17.2 Å². The molecule has 0 aliphatic carbocycles. The summed E-state index contributed by atoms with van der Waals surface area (Å²) in [5.41, 5.74) is 9.57. The predicted octanol–water partition coefficient (Wildman–Crippen LogP) is 3.37. The topological polar surface area (TPSA) is 323 Å². The Morgan fingerprint density at radius 2 is 1.20 bits per heavy atom. The van der Waals surface area contributed by atoms with Crippen molar-refractivity contribution in [2.24, 2.45) is 10.7 Å². The Bertz CT molecular complexity index is 2810. The number of esters is 1. The number of ether oxygens (including phenoxy) is 11. The number of β-amino-alcohol motifs (C(OH)–C–C–N with tert-alkyl or cyclic N) is 1. The number of hydroxylamine groups is 2. The number of halogens is 4. The lowest BCUT2D eigenvalue weighted by Crippen LogP contribution is -2.46. The molecule has 1 fully saturated rings. The lowest BCUT2D eigenvalue weighted by Gasteiger charge is -2.23. The first-order chi connectivity index (χ1) is 41.9. The van der Waals surface area contributed by atoms with Crippen molar-refractivity contribution in [3.63, 3.8) is 0 Å². The number of benzene rings is 2. The van der Waals surface area contributed by atoms with Gasteiger partial charge in [-0.15, -0.1) is 0 Å². The second-order valence-electron chi connectivity index (χ2n) is 18.9. The van der Waals surface area contributed by atoms with Crippen LogP contribution in [0.15, 0.2) is 52.0 Å². The molecule has 2 aromatic carbocycles. The molecular weight excluding hydrogens is 1180 g/mol. The van der Waals surface area contributed by atoms with Gasteiger partial charge >= 0.3 is 16.1 Å². The SMILES string of the molecule is CCCN(OCC)C(=O)C1=Cc2ccc(-c3ccc(C(=O)N4C[C@H](O)C[C@H]4C(=O)NCCOCCOCCOCCOCCOCCOCCOCCOCCOCCOCCC(=O)Oc4c(F)c(F)c(S(=O)(=O)O)c(F)c4F)nc3)cc2N=C(N)C1. The molecule has 5 N–H and O–H groups in total. The summed E-state index contributed by atoms with van der Waals surface area (Å²) in [5, 5.41) is 14.6. The van der Waals surface area contributed by atoms with Crippen molar-refractivity contribution in [3.05, 3.63) is 76.6 Å². The van der Waals surface area contributed by atoms with Crippen LogP contribution in [0.1, 0.15) is 55.6 Å². The zero-order chi connectivity index (χ0) is 63.0. The highest BCUT2D eigenvalue weighted by Gasteiger charge is 2.40. The largest absolute Gasteiger partial charge is 0.420 e. The summed E-state index contributed by atoms with van der Waals surface area (Å²) in [6.45, 7) is 10.1. The van der Waals surface area contributed by atoms with Gasteiger partial charge in [-0.25, -0.2) is 18.8 Å². The van der Waals surface area contributed by atoms with Gasteiger partial charge in [-0.1, -0.05) is 25.1 Å². The van der Waals surface area contributed by atoms with Gasteiger partial charge in [0.15, 0.2) is 16.5 Å². The third kappa shape index (κ3) is 24.4. The molecule has 87 heavy (non-hydrogen) atoms. The monoisotopic (exact) mass is 1260 g/mol. The molecule has 0 radical (unpaired) electrons. The van der Waals surface area contributed by atoms with Crippen molar-refractivity contribution >= 4 is 51.4 Å². The third-order valence-electron chi connectivity index (χ3n) is 12.4. The summed E-state index contributed by atoms with van der Waals surface area (Å²) in [7, 11) is -5.66. The van der Waals surface area contributed by atoms with Gasteiger partial charge in [0, 0.05) is 55.4 Å². The van der Waals surface area contributed by atoms with Crippen LogP contribution in [0.2, 0.25) is 0 Å². The molecule has 0 unspecified atom stereocenters. The van der Waals surface area contributed by atoms with E-state index < -0.39 is 80.4 Å². The number of aliphatic imine (C=N–C) groups is 1. The zero-order valence-electron chi connectivity index (χ0n) is 48.5. The predicted molar refractivity (Wildman–Crippen MR) is 300 cm³/mol. The third-order valence-corrected chi connectivity index (χ3v) is 13.2. The summed E-state index contributed by atoms with van der Waals surface area (Å²) in [5.74, 6) is -13.6. The lowest BCUT2D eigenvalue weighted by molar-refractivity contribution is -0.180. The van der Waals surface area contributed by atoms with Crippen LogP contribution in [0.4, 0.5) is 23.2 Å². The van der Waals surface area contributed by atoms with Crippen molar-refractivity contribution < 1.29 is 112 Å². The molecule has 0 saturated carbocycles. The van der Waals surface area contributed by atoms with Crippen LogP contribution in [0.5, 0.6) is 5.75 Å². The Labute approximate surface area is 501 Å². The molecule has 0 spiro atoms. The number of hydrogen-bond acceptors (Lipinski definition) is 22. The van der Waals surface area contributed by atoms with Gasteiger partial charge in [0.05, 0.1) is 157 Å². The number of carbonyl (C=O) groups is 4. The number of fused-ring (bicyclic) bond motifs is 1. The first-order valence-electron chi connectivity index (χ1n) is 28.1. The van der Waals surface area contributed by atoms with Gasteiger partial charge in [0.2, 0.25) is 23.3 Å². The Balaban J connectivity index is 0.776. The van der Waals surface area contributed by atoms with Gasteiger partial charge in [-0.05, 0) is 37.1 Å². The molecule has 1 saturated heterocycles. The Kier molecular flexibility index (Phi) is 32.1. The van der Waals surface area contributed by atoms with Gasteiger partial charge in [-0.2, -0.15) is 17.2 Å². The van der Waals surface area contributed by atoms with Crippen molar-refractivity contribution in [3.8, 4) is 16.9 Å². The molecule has 484 valence electrons. The number of aliphatic hydroxyl groups is 1. The van der Waals surface area contributed by atoms with Crippen LogP contribution in [-0.2, 0) is 76.7 Å². The maximum atomic E-state index is 14.0. The fourth-order valence-electron chi connectivity index (χ4n) is 8.25. The zero-order valence-corrected chi connectivity index (χ0v) is 49.3. The Morgan fingerprint density at radius 3 is 1.67 bits per heavy atom. The maximum Gasteiger partial charge on any atom is 0.313 e. The summed E-state index contributed by atoms with van der Waals surface area (Å²) >= 11 is 0. The number of pyridine rings is 1. The minimum absolute atomic E-state index is 0.00943. The number of likely N-dealkylation sites (tertiary alicyclic amines) is 1. The number of rotatable bonds is 43. The van der Waals surface area contributed by atoms with Crippen LogP contribution in [0.3, 0.4) is 0 Å². The maximum absolute atomic E-state index is 14.0. The van der Waals surface area contributed by atoms with E-state index in [1.807, 2.05) is 32.0 Å². The van der Waals surface area contributed by atoms with E-state index >= 15 is 0 Å². The van der Waals surface area contributed by atoms with E-state index in [4.69, 9.17) is 62.5 Å².